The van der Waals surface area contributed by atoms with Gasteiger partial charge in [-0.25, -0.2) is 4.79 Å². The van der Waals surface area contributed by atoms with Gasteiger partial charge in [-0.15, -0.1) is 0 Å². The molecule has 2 aromatic carbocycles. The quantitative estimate of drug-likeness (QED) is 0.580. The molecule has 0 aliphatic carbocycles. The summed E-state index contributed by atoms with van der Waals surface area (Å²) in [5, 5.41) is 0. The second-order valence-electron chi connectivity index (χ2n) is 5.97. The van der Waals surface area contributed by atoms with Crippen LogP contribution in [0.4, 0.5) is 5.69 Å². The van der Waals surface area contributed by atoms with Gasteiger partial charge in [0.1, 0.15) is 11.5 Å². The monoisotopic (exact) mass is 367 g/mol. The number of hydrogen-bond donors (Lipinski definition) is 0. The number of para-hydroxylation sites is 1. The van der Waals surface area contributed by atoms with E-state index >= 15 is 0 Å². The van der Waals surface area contributed by atoms with Crippen molar-refractivity contribution in [3.8, 4) is 11.5 Å². The van der Waals surface area contributed by atoms with Crippen molar-refractivity contribution in [1.82, 2.24) is 0 Å². The van der Waals surface area contributed by atoms with Gasteiger partial charge >= 0.3 is 5.97 Å². The predicted octanol–water partition coefficient (Wildman–Crippen LogP) is 2.85. The molecule has 1 aliphatic rings. The third-order valence-corrected chi connectivity index (χ3v) is 4.36. The molecule has 1 amide bonds. The summed E-state index contributed by atoms with van der Waals surface area (Å²) in [6.45, 7) is 0.305. The van der Waals surface area contributed by atoms with E-state index in [0.717, 1.165) is 17.7 Å². The molecule has 0 unspecified atom stereocenters. The first-order valence-corrected chi connectivity index (χ1v) is 8.57. The molecule has 0 saturated heterocycles. The minimum Gasteiger partial charge on any atom is -0.497 e. The van der Waals surface area contributed by atoms with Gasteiger partial charge in [0.25, 0.3) is 5.91 Å². The van der Waals surface area contributed by atoms with Gasteiger partial charge in [-0.1, -0.05) is 18.2 Å². The number of hydrogen-bond acceptors (Lipinski definition) is 5. The third kappa shape index (κ3) is 4.28. The van der Waals surface area contributed by atoms with Gasteiger partial charge in [-0.05, 0) is 42.3 Å². The molecule has 27 heavy (non-hydrogen) atoms. The Kier molecular flexibility index (Phi) is 5.76. The Morgan fingerprint density at radius 3 is 2.70 bits per heavy atom. The molecule has 3 rings (SSSR count). The van der Waals surface area contributed by atoms with Crippen LogP contribution in [-0.2, 0) is 20.7 Å². The van der Waals surface area contributed by atoms with E-state index in [-0.39, 0.29) is 12.5 Å². The molecule has 0 spiro atoms. The highest BCUT2D eigenvalue weighted by Gasteiger charge is 2.24. The number of carbonyl (C=O) groups excluding carboxylic acids is 2. The van der Waals surface area contributed by atoms with Crippen LogP contribution >= 0.6 is 0 Å². The number of esters is 1. The molecule has 0 aromatic heterocycles. The van der Waals surface area contributed by atoms with Gasteiger partial charge in [0.15, 0.2) is 6.61 Å². The Bertz CT molecular complexity index is 875. The maximum atomic E-state index is 12.4. The summed E-state index contributed by atoms with van der Waals surface area (Å²) in [5.74, 6) is 0.414. The molecule has 1 heterocycles. The third-order valence-electron chi connectivity index (χ3n) is 4.36. The lowest BCUT2D eigenvalue weighted by molar-refractivity contribution is -0.142. The molecule has 2 aromatic rings. The van der Waals surface area contributed by atoms with E-state index in [2.05, 4.69) is 0 Å². The summed E-state index contributed by atoms with van der Waals surface area (Å²) >= 11 is 0. The number of fused-ring (bicyclic) bond motifs is 1. The Labute approximate surface area is 158 Å². The van der Waals surface area contributed by atoms with Crippen LogP contribution < -0.4 is 14.4 Å². The van der Waals surface area contributed by atoms with Crippen LogP contribution in [0.15, 0.2) is 48.5 Å². The van der Waals surface area contributed by atoms with Crippen molar-refractivity contribution in [2.75, 3.05) is 32.3 Å². The molecule has 6 heteroatoms. The zero-order valence-corrected chi connectivity index (χ0v) is 15.3. The zero-order valence-electron chi connectivity index (χ0n) is 15.3. The van der Waals surface area contributed by atoms with Gasteiger partial charge in [-0.3, -0.25) is 4.79 Å². The SMILES string of the molecule is COc1ccc(OC)c(C=CC(=O)OCC(=O)N2CCc3ccccc32)c1. The van der Waals surface area contributed by atoms with Crippen LogP contribution in [0.3, 0.4) is 0 Å². The fraction of sp³-hybridized carbons (Fsp3) is 0.238. The smallest absolute Gasteiger partial charge is 0.331 e. The number of amides is 1. The van der Waals surface area contributed by atoms with Crippen molar-refractivity contribution in [3.63, 3.8) is 0 Å². The number of methoxy groups -OCH3 is 2. The maximum absolute atomic E-state index is 12.4. The van der Waals surface area contributed by atoms with Crippen molar-refractivity contribution < 1.29 is 23.8 Å². The van der Waals surface area contributed by atoms with E-state index in [9.17, 15) is 9.59 Å². The molecule has 1 aliphatic heterocycles. The average molecular weight is 367 g/mol. The molecule has 0 atom stereocenters. The first-order valence-electron chi connectivity index (χ1n) is 8.57. The molecular formula is C21H21NO5. The first kappa shape index (κ1) is 18.5. The highest BCUT2D eigenvalue weighted by atomic mass is 16.5. The maximum Gasteiger partial charge on any atom is 0.331 e. The molecule has 140 valence electrons. The van der Waals surface area contributed by atoms with Gasteiger partial charge in [0.2, 0.25) is 0 Å². The lowest BCUT2D eigenvalue weighted by atomic mass is 10.1. The second kappa shape index (κ2) is 8.40. The number of carbonyl (C=O) groups is 2. The highest BCUT2D eigenvalue weighted by Crippen LogP contribution is 2.27. The lowest BCUT2D eigenvalue weighted by Gasteiger charge is -2.16. The van der Waals surface area contributed by atoms with Crippen molar-refractivity contribution in [2.45, 2.75) is 6.42 Å². The van der Waals surface area contributed by atoms with Crippen molar-refractivity contribution in [2.24, 2.45) is 0 Å². The van der Waals surface area contributed by atoms with Gasteiger partial charge in [0.05, 0.1) is 14.2 Å². The number of nitrogens with zero attached hydrogens (tertiary/aromatic N) is 1. The summed E-state index contributed by atoms with van der Waals surface area (Å²) in [7, 11) is 3.11. The molecule has 0 fully saturated rings. The van der Waals surface area contributed by atoms with Crippen molar-refractivity contribution in [3.05, 3.63) is 59.7 Å². The van der Waals surface area contributed by atoms with Gasteiger partial charge in [0, 0.05) is 23.9 Å². The standard InChI is InChI=1S/C21H21NO5/c1-25-17-8-9-19(26-2)16(13-17)7-10-21(24)27-14-20(23)22-12-11-15-5-3-4-6-18(15)22/h3-10,13H,11-12,14H2,1-2H3. The zero-order chi connectivity index (χ0) is 19.2. The topological polar surface area (TPSA) is 65.1 Å². The summed E-state index contributed by atoms with van der Waals surface area (Å²) in [6, 6.07) is 13.0. The van der Waals surface area contributed by atoms with Gasteiger partial charge < -0.3 is 19.1 Å². The predicted molar refractivity (Wildman–Crippen MR) is 102 cm³/mol. The molecular weight excluding hydrogens is 346 g/mol. The largest absolute Gasteiger partial charge is 0.497 e. The lowest BCUT2D eigenvalue weighted by Crippen LogP contribution is -2.33. The van der Waals surface area contributed by atoms with E-state index in [0.29, 0.717) is 23.6 Å². The van der Waals surface area contributed by atoms with Crippen LogP contribution in [0, 0.1) is 0 Å². The average Bonchev–Trinajstić information content (AvgIpc) is 3.14. The van der Waals surface area contributed by atoms with Crippen LogP contribution in [0.2, 0.25) is 0 Å². The van der Waals surface area contributed by atoms with Gasteiger partial charge in [-0.2, -0.15) is 0 Å². The van der Waals surface area contributed by atoms with E-state index in [1.165, 1.54) is 6.08 Å². The Morgan fingerprint density at radius 2 is 1.93 bits per heavy atom. The first-order chi connectivity index (χ1) is 13.1. The minimum absolute atomic E-state index is 0.235. The number of ether oxygens (including phenoxy) is 3. The number of benzene rings is 2. The van der Waals surface area contributed by atoms with E-state index < -0.39 is 5.97 Å². The Morgan fingerprint density at radius 1 is 1.11 bits per heavy atom. The molecule has 0 N–H and O–H groups in total. The van der Waals surface area contributed by atoms with Crippen LogP contribution in [0.25, 0.3) is 6.08 Å². The summed E-state index contributed by atoms with van der Waals surface area (Å²) in [4.78, 5) is 26.0. The Balaban J connectivity index is 1.59. The second-order valence-corrected chi connectivity index (χ2v) is 5.97. The highest BCUT2D eigenvalue weighted by molar-refractivity contribution is 5.98. The fourth-order valence-electron chi connectivity index (χ4n) is 2.98. The Hall–Kier alpha value is -3.28. The van der Waals surface area contributed by atoms with E-state index in [1.807, 2.05) is 24.3 Å². The van der Waals surface area contributed by atoms with E-state index in [4.69, 9.17) is 14.2 Å². The van der Waals surface area contributed by atoms with Crippen molar-refractivity contribution >= 4 is 23.6 Å². The molecule has 0 radical (unpaired) electrons. The van der Waals surface area contributed by atoms with Crippen molar-refractivity contribution in [1.29, 1.82) is 0 Å². The van der Waals surface area contributed by atoms with E-state index in [1.54, 1.807) is 43.4 Å². The minimum atomic E-state index is -0.597. The molecule has 0 bridgehead atoms. The summed E-state index contributed by atoms with van der Waals surface area (Å²) in [6.07, 6.45) is 3.65. The molecule has 6 nitrogen and oxygen atoms in total. The summed E-state index contributed by atoms with van der Waals surface area (Å²) in [5.41, 5.74) is 2.69. The normalized spacial score (nSPS) is 12.7. The van der Waals surface area contributed by atoms with Crippen LogP contribution in [0.1, 0.15) is 11.1 Å². The van der Waals surface area contributed by atoms with Crippen LogP contribution in [-0.4, -0.2) is 39.2 Å². The summed E-state index contributed by atoms with van der Waals surface area (Å²) < 4.78 is 15.5. The van der Waals surface area contributed by atoms with Crippen LogP contribution in [0.5, 0.6) is 11.5 Å². The fourth-order valence-corrected chi connectivity index (χ4v) is 2.98. The number of rotatable bonds is 6. The number of anilines is 1. The molecule has 0 saturated carbocycles.